The molecule has 0 spiro atoms. The number of benzene rings is 1. The van der Waals surface area contributed by atoms with Crippen molar-refractivity contribution in [2.24, 2.45) is 13.0 Å². The van der Waals surface area contributed by atoms with Crippen LogP contribution in [0.1, 0.15) is 11.3 Å². The molecule has 0 saturated carbocycles. The van der Waals surface area contributed by atoms with Gasteiger partial charge in [0.15, 0.2) is 6.61 Å². The lowest BCUT2D eigenvalue weighted by molar-refractivity contribution is -0.152. The van der Waals surface area contributed by atoms with Crippen molar-refractivity contribution in [2.75, 3.05) is 18.5 Å². The Labute approximate surface area is 149 Å². The first kappa shape index (κ1) is 17.3. The van der Waals surface area contributed by atoms with Crippen LogP contribution in [0.2, 0.25) is 5.02 Å². The summed E-state index contributed by atoms with van der Waals surface area (Å²) in [4.78, 5) is 24.1. The number of nitrogens with one attached hydrogen (secondary N) is 1. The fourth-order valence-corrected chi connectivity index (χ4v) is 2.87. The predicted molar refractivity (Wildman–Crippen MR) is 91.7 cm³/mol. The minimum absolute atomic E-state index is 0.218. The van der Waals surface area contributed by atoms with E-state index in [1.165, 1.54) is 0 Å². The van der Waals surface area contributed by atoms with Crippen molar-refractivity contribution in [3.05, 3.63) is 40.5 Å². The molecule has 1 amide bonds. The molecule has 0 unspecified atom stereocenters. The van der Waals surface area contributed by atoms with Crippen LogP contribution in [0, 0.1) is 12.8 Å². The van der Waals surface area contributed by atoms with Gasteiger partial charge in [0.05, 0.1) is 11.6 Å². The van der Waals surface area contributed by atoms with Crippen molar-refractivity contribution < 1.29 is 19.1 Å². The van der Waals surface area contributed by atoms with Gasteiger partial charge in [-0.05, 0) is 37.1 Å². The third kappa shape index (κ3) is 4.11. The van der Waals surface area contributed by atoms with Crippen molar-refractivity contribution in [1.82, 2.24) is 9.78 Å². The summed E-state index contributed by atoms with van der Waals surface area (Å²) in [6.45, 7) is 1.68. The monoisotopic (exact) mass is 363 g/mol. The zero-order valence-corrected chi connectivity index (χ0v) is 14.7. The molecule has 132 valence electrons. The molecule has 0 saturated heterocycles. The second kappa shape index (κ2) is 7.14. The van der Waals surface area contributed by atoms with Crippen LogP contribution in [0.5, 0.6) is 5.75 Å². The summed E-state index contributed by atoms with van der Waals surface area (Å²) in [6, 6.07) is 7.02. The van der Waals surface area contributed by atoms with Gasteiger partial charge >= 0.3 is 5.97 Å². The molecule has 3 rings (SSSR count). The molecule has 8 heteroatoms. The fourth-order valence-electron chi connectivity index (χ4n) is 2.68. The maximum Gasteiger partial charge on any atom is 0.313 e. The topological polar surface area (TPSA) is 82.5 Å². The highest BCUT2D eigenvalue weighted by molar-refractivity contribution is 6.30. The zero-order chi connectivity index (χ0) is 18.0. The number of amides is 1. The van der Waals surface area contributed by atoms with Crippen molar-refractivity contribution in [1.29, 1.82) is 0 Å². The standard InChI is InChI=1S/C17H18ClN3O4/c1-10-5-15(21(2)20-10)19-16(22)9-25-17(23)12-6-11-7-13(18)3-4-14(11)24-8-12/h3-5,7,12H,6,8-9H2,1-2H3,(H,19,22)/t12-/m1/s1. The first-order chi connectivity index (χ1) is 11.9. The number of aryl methyl sites for hydroxylation is 2. The molecule has 1 aromatic carbocycles. The second-order valence-corrected chi connectivity index (χ2v) is 6.35. The average molecular weight is 364 g/mol. The van der Waals surface area contributed by atoms with Gasteiger partial charge in [-0.3, -0.25) is 14.3 Å². The Balaban J connectivity index is 1.53. The number of hydrogen-bond donors (Lipinski definition) is 1. The second-order valence-electron chi connectivity index (χ2n) is 5.91. The largest absolute Gasteiger partial charge is 0.492 e. The van der Waals surface area contributed by atoms with E-state index < -0.39 is 17.8 Å². The summed E-state index contributed by atoms with van der Waals surface area (Å²) >= 11 is 5.97. The van der Waals surface area contributed by atoms with Crippen LogP contribution in [0.3, 0.4) is 0 Å². The molecule has 25 heavy (non-hydrogen) atoms. The summed E-state index contributed by atoms with van der Waals surface area (Å²) in [6.07, 6.45) is 0.470. The smallest absolute Gasteiger partial charge is 0.313 e. The number of rotatable bonds is 4. The molecule has 2 heterocycles. The highest BCUT2D eigenvalue weighted by Crippen LogP contribution is 2.30. The molecule has 1 atom stereocenters. The third-order valence-corrected chi connectivity index (χ3v) is 4.11. The normalized spacial score (nSPS) is 15.9. The third-order valence-electron chi connectivity index (χ3n) is 3.88. The number of aromatic nitrogens is 2. The van der Waals surface area contributed by atoms with Gasteiger partial charge in [-0.15, -0.1) is 0 Å². The molecular weight excluding hydrogens is 346 g/mol. The molecule has 1 aliphatic rings. The number of ether oxygens (including phenoxy) is 2. The Kier molecular flexibility index (Phi) is 4.94. The fraction of sp³-hybridized carbons (Fsp3) is 0.353. The Hall–Kier alpha value is -2.54. The van der Waals surface area contributed by atoms with E-state index in [0.29, 0.717) is 17.3 Å². The molecule has 1 aromatic heterocycles. The summed E-state index contributed by atoms with van der Waals surface area (Å²) in [5.74, 6) is -0.0860. The highest BCUT2D eigenvalue weighted by Gasteiger charge is 2.28. The Bertz CT molecular complexity index is 818. The summed E-state index contributed by atoms with van der Waals surface area (Å²) < 4.78 is 12.2. The number of anilines is 1. The lowest BCUT2D eigenvalue weighted by atomic mass is 9.97. The van der Waals surface area contributed by atoms with E-state index in [-0.39, 0.29) is 13.2 Å². The van der Waals surface area contributed by atoms with Gasteiger partial charge in [0.1, 0.15) is 18.2 Å². The average Bonchev–Trinajstić information content (AvgIpc) is 2.89. The number of nitrogens with zero attached hydrogens (tertiary/aromatic N) is 2. The maximum absolute atomic E-state index is 12.2. The molecule has 0 aliphatic carbocycles. The first-order valence-electron chi connectivity index (χ1n) is 7.80. The van der Waals surface area contributed by atoms with Crippen molar-refractivity contribution in [3.8, 4) is 5.75 Å². The van der Waals surface area contributed by atoms with E-state index in [2.05, 4.69) is 10.4 Å². The van der Waals surface area contributed by atoms with Crippen LogP contribution >= 0.6 is 11.6 Å². The molecule has 0 radical (unpaired) electrons. The van der Waals surface area contributed by atoms with Gasteiger partial charge in [-0.1, -0.05) is 11.6 Å². The van der Waals surface area contributed by atoms with Crippen LogP contribution in [-0.4, -0.2) is 34.9 Å². The van der Waals surface area contributed by atoms with E-state index in [1.54, 1.807) is 36.0 Å². The molecule has 7 nitrogen and oxygen atoms in total. The van der Waals surface area contributed by atoms with Gasteiger partial charge in [0, 0.05) is 18.1 Å². The summed E-state index contributed by atoms with van der Waals surface area (Å²) in [5.41, 5.74) is 1.64. The Morgan fingerprint density at radius 3 is 2.96 bits per heavy atom. The van der Waals surface area contributed by atoms with Crippen LogP contribution in [0.4, 0.5) is 5.82 Å². The predicted octanol–water partition coefficient (Wildman–Crippen LogP) is 2.11. The molecule has 2 aromatic rings. The molecule has 1 N–H and O–H groups in total. The summed E-state index contributed by atoms with van der Waals surface area (Å²) in [7, 11) is 1.72. The van der Waals surface area contributed by atoms with Crippen molar-refractivity contribution in [2.45, 2.75) is 13.3 Å². The lowest BCUT2D eigenvalue weighted by Crippen LogP contribution is -2.32. The van der Waals surface area contributed by atoms with E-state index in [0.717, 1.165) is 17.0 Å². The van der Waals surface area contributed by atoms with E-state index >= 15 is 0 Å². The van der Waals surface area contributed by atoms with Crippen LogP contribution in [0.15, 0.2) is 24.3 Å². The molecule has 0 bridgehead atoms. The van der Waals surface area contributed by atoms with Gasteiger partial charge in [-0.25, -0.2) is 0 Å². The SMILES string of the molecule is Cc1cc(NC(=O)COC(=O)[C@H]2COc3ccc(Cl)cc3C2)n(C)n1. The number of halogens is 1. The van der Waals surface area contributed by atoms with E-state index in [1.807, 2.05) is 6.92 Å². The Morgan fingerprint density at radius 1 is 1.44 bits per heavy atom. The van der Waals surface area contributed by atoms with E-state index in [9.17, 15) is 9.59 Å². The minimum atomic E-state index is -0.470. The van der Waals surface area contributed by atoms with Gasteiger partial charge in [0.25, 0.3) is 5.91 Å². The lowest BCUT2D eigenvalue weighted by Gasteiger charge is -2.24. The molecule has 0 fully saturated rings. The number of hydrogen-bond acceptors (Lipinski definition) is 5. The number of carbonyl (C=O) groups is 2. The van der Waals surface area contributed by atoms with Crippen molar-refractivity contribution in [3.63, 3.8) is 0 Å². The first-order valence-corrected chi connectivity index (χ1v) is 8.18. The minimum Gasteiger partial charge on any atom is -0.492 e. The molecule has 1 aliphatic heterocycles. The highest BCUT2D eigenvalue weighted by atomic mass is 35.5. The van der Waals surface area contributed by atoms with Crippen LogP contribution in [-0.2, 0) is 27.8 Å². The van der Waals surface area contributed by atoms with Gasteiger partial charge in [-0.2, -0.15) is 5.10 Å². The van der Waals surface area contributed by atoms with E-state index in [4.69, 9.17) is 21.1 Å². The van der Waals surface area contributed by atoms with Crippen LogP contribution < -0.4 is 10.1 Å². The molecular formula is C17H18ClN3O4. The summed E-state index contributed by atoms with van der Waals surface area (Å²) in [5, 5.41) is 7.36. The number of esters is 1. The quantitative estimate of drug-likeness (QED) is 0.841. The Morgan fingerprint density at radius 2 is 2.24 bits per heavy atom. The van der Waals surface area contributed by atoms with Gasteiger partial charge < -0.3 is 14.8 Å². The maximum atomic E-state index is 12.2. The number of carbonyl (C=O) groups excluding carboxylic acids is 2. The van der Waals surface area contributed by atoms with Gasteiger partial charge in [0.2, 0.25) is 0 Å². The van der Waals surface area contributed by atoms with Crippen LogP contribution in [0.25, 0.3) is 0 Å². The number of fused-ring (bicyclic) bond motifs is 1. The van der Waals surface area contributed by atoms with Crippen molar-refractivity contribution >= 4 is 29.3 Å². The zero-order valence-electron chi connectivity index (χ0n) is 13.9.